The molecule has 0 bridgehead atoms. The number of aliphatic hydroxyl groups is 3. The van der Waals surface area contributed by atoms with E-state index in [-0.39, 0.29) is 44.2 Å². The number of aromatic nitrogens is 2. The maximum Gasteiger partial charge on any atom is 0.417 e. The summed E-state index contributed by atoms with van der Waals surface area (Å²) in [7, 11) is 30.1. The molecule has 1 heterocycles. The van der Waals surface area contributed by atoms with Crippen molar-refractivity contribution in [2.45, 2.75) is 35.7 Å². The van der Waals surface area contributed by atoms with Crippen LogP contribution in [0.25, 0.3) is 10.8 Å². The van der Waals surface area contributed by atoms with Crippen molar-refractivity contribution < 1.29 is 37.3 Å². The van der Waals surface area contributed by atoms with Gasteiger partial charge in [-0.25, -0.2) is 8.78 Å². The van der Waals surface area contributed by atoms with Gasteiger partial charge >= 0.3 is 6.18 Å². The average molecular weight is 714 g/mol. The number of nitrogens with zero attached hydrogens (tertiary/aromatic N) is 4. The van der Waals surface area contributed by atoms with Crippen molar-refractivity contribution >= 4 is 84.5 Å². The number of rotatable bonds is 12. The van der Waals surface area contributed by atoms with Gasteiger partial charge < -0.3 is 35.8 Å². The first kappa shape index (κ1) is 39.6. The maximum absolute atomic E-state index is 14.7. The summed E-state index contributed by atoms with van der Waals surface area (Å²) in [6.07, 6.45) is -1.97. The van der Waals surface area contributed by atoms with E-state index >= 15 is 0 Å². The number of halogens is 6. The SMILES string of the molecule is [B]C([B])(O)N(C=C)c1c(N(C)C([B])(O)C([B])([B])O)cc(Nc2nncc3c(C(F)(F)F)cc(F)cc23)c(C(NC=C)c2cc(F)ccc2Cl)c1C. The number of alkyl halides is 3. The van der Waals surface area contributed by atoms with Crippen LogP contribution in [0.3, 0.4) is 0 Å². The van der Waals surface area contributed by atoms with Gasteiger partial charge in [-0.1, -0.05) is 24.8 Å². The molecule has 0 aliphatic heterocycles. The van der Waals surface area contributed by atoms with Crippen LogP contribution in [-0.2, 0) is 6.18 Å². The average Bonchev–Trinajstić information content (AvgIpc) is 3.00. The Hall–Kier alpha value is -4.18. The predicted molar refractivity (Wildman–Crippen MR) is 190 cm³/mol. The zero-order valence-electron chi connectivity index (χ0n) is 27.0. The molecule has 0 aliphatic carbocycles. The minimum absolute atomic E-state index is 0.0353. The molecule has 2 atom stereocenters. The largest absolute Gasteiger partial charge is 0.417 e. The standard InChI is InChI=1S/C31H25B5ClF5N6O3/c1-5-43-25(18-9-15(38)7-8-21(18)37)24-14(3)26(48(6-2)31(35,36)51)23(47(4)30(34,50)29(32,33)49)12-22(24)45-27-17-10-16(39)11-20(28(40,41)42)19(17)13-44-46-27/h5-13,25,43,49-51H,1-2H2,3-4H3,(H,45,46). The van der Waals surface area contributed by atoms with Crippen LogP contribution in [0.4, 0.5) is 44.8 Å². The van der Waals surface area contributed by atoms with Gasteiger partial charge in [0.2, 0.25) is 0 Å². The van der Waals surface area contributed by atoms with E-state index in [1.54, 1.807) is 0 Å². The number of hydrogen-bond donors (Lipinski definition) is 5. The van der Waals surface area contributed by atoms with Crippen LogP contribution < -0.4 is 20.4 Å². The lowest BCUT2D eigenvalue weighted by atomic mass is 9.52. The maximum atomic E-state index is 14.7. The van der Waals surface area contributed by atoms with Crippen LogP contribution in [0.5, 0.6) is 0 Å². The number of nitrogens with one attached hydrogen (secondary N) is 2. The fraction of sp³-hybridized carbons (Fsp3) is 0.226. The van der Waals surface area contributed by atoms with E-state index in [0.29, 0.717) is 6.07 Å². The topological polar surface area (TPSA) is 117 Å². The van der Waals surface area contributed by atoms with Gasteiger partial charge in [0.05, 0.1) is 34.7 Å². The fourth-order valence-corrected chi connectivity index (χ4v) is 5.72. The molecule has 0 amide bonds. The Morgan fingerprint density at radius 2 is 1.61 bits per heavy atom. The van der Waals surface area contributed by atoms with Gasteiger partial charge in [0.15, 0.2) is 5.82 Å². The van der Waals surface area contributed by atoms with Gasteiger partial charge in [0, 0.05) is 45.1 Å². The smallest absolute Gasteiger partial charge is 0.405 e. The second kappa shape index (κ2) is 14.1. The van der Waals surface area contributed by atoms with E-state index in [2.05, 4.69) is 34.0 Å². The molecule has 0 saturated heterocycles. The van der Waals surface area contributed by atoms with Gasteiger partial charge in [-0.3, -0.25) is 0 Å². The van der Waals surface area contributed by atoms with Crippen LogP contribution in [0.2, 0.25) is 5.02 Å². The molecule has 0 aliphatic rings. The highest BCUT2D eigenvalue weighted by Crippen LogP contribution is 2.48. The second-order valence-electron chi connectivity index (χ2n) is 11.5. The van der Waals surface area contributed by atoms with Crippen molar-refractivity contribution in [1.29, 1.82) is 0 Å². The summed E-state index contributed by atoms with van der Waals surface area (Å²) in [5.74, 6) is -2.37. The fourth-order valence-electron chi connectivity index (χ4n) is 5.50. The molecule has 0 fully saturated rings. The van der Waals surface area contributed by atoms with Gasteiger partial charge in [-0.05, 0) is 61.3 Å². The number of anilines is 4. The normalized spacial score (nSPS) is 14.0. The van der Waals surface area contributed by atoms with E-state index in [9.17, 15) is 37.3 Å². The molecule has 4 rings (SSSR count). The quantitative estimate of drug-likeness (QED) is 0.0854. The molecule has 4 aromatic rings. The lowest BCUT2D eigenvalue weighted by Gasteiger charge is -2.48. The Morgan fingerprint density at radius 1 is 0.961 bits per heavy atom. The molecule has 0 saturated carbocycles. The minimum atomic E-state index is -4.99. The highest BCUT2D eigenvalue weighted by Gasteiger charge is 2.42. The zero-order chi connectivity index (χ0) is 38.4. The summed E-state index contributed by atoms with van der Waals surface area (Å²) in [6.45, 7) is 8.77. The van der Waals surface area contributed by atoms with Crippen molar-refractivity contribution in [2.24, 2.45) is 0 Å². The second-order valence-corrected chi connectivity index (χ2v) is 11.9. The summed E-state index contributed by atoms with van der Waals surface area (Å²) in [5, 5.41) is 42.0. The first-order valence-electron chi connectivity index (χ1n) is 14.5. The molecule has 10 radical (unpaired) electrons. The first-order valence-corrected chi connectivity index (χ1v) is 14.9. The van der Waals surface area contributed by atoms with Crippen LogP contribution in [0.15, 0.2) is 68.2 Å². The van der Waals surface area contributed by atoms with E-state index in [0.717, 1.165) is 47.4 Å². The molecular formula is C31H25B5ClF5N6O3. The van der Waals surface area contributed by atoms with Crippen molar-refractivity contribution in [3.8, 4) is 0 Å². The van der Waals surface area contributed by atoms with Crippen LogP contribution >= 0.6 is 11.6 Å². The lowest BCUT2D eigenvalue weighted by Crippen LogP contribution is -2.65. The van der Waals surface area contributed by atoms with E-state index in [4.69, 9.17) is 50.8 Å². The molecule has 20 heteroatoms. The molecule has 5 N–H and O–H groups in total. The van der Waals surface area contributed by atoms with Crippen molar-refractivity contribution in [1.82, 2.24) is 15.5 Å². The Labute approximate surface area is 301 Å². The number of benzene rings is 3. The monoisotopic (exact) mass is 714 g/mol. The van der Waals surface area contributed by atoms with Crippen molar-refractivity contribution in [2.75, 3.05) is 22.2 Å². The number of fused-ring (bicyclic) bond motifs is 1. The summed E-state index contributed by atoms with van der Waals surface area (Å²) in [4.78, 5) is 1.58. The van der Waals surface area contributed by atoms with E-state index in [1.807, 2.05) is 0 Å². The summed E-state index contributed by atoms with van der Waals surface area (Å²) >= 11 is 6.54. The number of likely N-dealkylation sites (N-methyl/N-ethyl adjacent to an activating group) is 1. The Kier molecular flexibility index (Phi) is 10.9. The third-order valence-corrected chi connectivity index (χ3v) is 8.33. The zero-order valence-corrected chi connectivity index (χ0v) is 27.7. The summed E-state index contributed by atoms with van der Waals surface area (Å²) in [6, 6.07) is 4.53. The minimum Gasteiger partial charge on any atom is -0.405 e. The van der Waals surface area contributed by atoms with E-state index in [1.165, 1.54) is 25.3 Å². The lowest BCUT2D eigenvalue weighted by molar-refractivity contribution is -0.136. The molecule has 3 aromatic carbocycles. The highest BCUT2D eigenvalue weighted by atomic mass is 35.5. The van der Waals surface area contributed by atoms with Gasteiger partial charge in [-0.15, -0.1) is 5.10 Å². The van der Waals surface area contributed by atoms with Crippen molar-refractivity contribution in [3.63, 3.8) is 0 Å². The molecule has 2 unspecified atom stereocenters. The van der Waals surface area contributed by atoms with Gasteiger partial charge in [0.25, 0.3) is 0 Å². The summed E-state index contributed by atoms with van der Waals surface area (Å²) < 4.78 is 71.4. The molecule has 1 aromatic heterocycles. The first-order chi connectivity index (χ1) is 23.4. The van der Waals surface area contributed by atoms with E-state index < -0.39 is 57.2 Å². The molecule has 254 valence electrons. The third kappa shape index (κ3) is 7.71. The van der Waals surface area contributed by atoms with Crippen molar-refractivity contribution in [3.05, 3.63) is 107 Å². The Balaban J connectivity index is 2.23. The van der Waals surface area contributed by atoms with Gasteiger partial charge in [0.1, 0.15) is 56.5 Å². The molecule has 51 heavy (non-hydrogen) atoms. The molecule has 9 nitrogen and oxygen atoms in total. The predicted octanol–water partition coefficient (Wildman–Crippen LogP) is 3.58. The Morgan fingerprint density at radius 3 is 2.16 bits per heavy atom. The Bertz CT molecular complexity index is 2000. The van der Waals surface area contributed by atoms with Crippen LogP contribution in [0.1, 0.15) is 28.3 Å². The summed E-state index contributed by atoms with van der Waals surface area (Å²) in [5.41, 5.74) is -7.44. The molecule has 0 spiro atoms. The van der Waals surface area contributed by atoms with Crippen LogP contribution in [-0.4, -0.2) is 88.3 Å². The molecular weight excluding hydrogens is 689 g/mol. The highest BCUT2D eigenvalue weighted by molar-refractivity contribution is 6.44. The third-order valence-electron chi connectivity index (χ3n) is 7.99. The van der Waals surface area contributed by atoms with Crippen LogP contribution in [0, 0.1) is 18.6 Å². The number of hydrogen-bond acceptors (Lipinski definition) is 9. The van der Waals surface area contributed by atoms with Gasteiger partial charge in [-0.2, -0.15) is 18.3 Å².